The lowest BCUT2D eigenvalue weighted by molar-refractivity contribution is 0.0427. The van der Waals surface area contributed by atoms with E-state index in [0.29, 0.717) is 32.2 Å². The molecule has 0 spiro atoms. The smallest absolute Gasteiger partial charge is 0.213 e. The van der Waals surface area contributed by atoms with Crippen molar-refractivity contribution in [2.75, 3.05) is 26.9 Å². The van der Waals surface area contributed by atoms with E-state index in [9.17, 15) is 5.11 Å². The summed E-state index contributed by atoms with van der Waals surface area (Å²) in [6, 6.07) is 3.77. The monoisotopic (exact) mass is 240 g/mol. The van der Waals surface area contributed by atoms with Crippen LogP contribution in [0.4, 0.5) is 0 Å². The molecule has 5 heteroatoms. The van der Waals surface area contributed by atoms with E-state index in [4.69, 9.17) is 9.47 Å². The Balaban J connectivity index is 2.25. The summed E-state index contributed by atoms with van der Waals surface area (Å²) in [5, 5.41) is 12.7. The predicted molar refractivity (Wildman–Crippen MR) is 65.0 cm³/mol. The first-order valence-electron chi connectivity index (χ1n) is 5.71. The molecule has 0 aliphatic rings. The number of ether oxygens (including phenoxy) is 2. The highest BCUT2D eigenvalue weighted by molar-refractivity contribution is 5.20. The number of nitrogens with zero attached hydrogens (tertiary/aromatic N) is 1. The minimum absolute atomic E-state index is 0.364. The summed E-state index contributed by atoms with van der Waals surface area (Å²) >= 11 is 0. The van der Waals surface area contributed by atoms with Crippen molar-refractivity contribution in [3.05, 3.63) is 23.9 Å². The molecule has 1 unspecified atom stereocenters. The minimum Gasteiger partial charge on any atom is -0.481 e. The molecule has 0 amide bonds. The van der Waals surface area contributed by atoms with Gasteiger partial charge < -0.3 is 19.9 Å². The second kappa shape index (κ2) is 8.00. The fourth-order valence-corrected chi connectivity index (χ4v) is 1.37. The number of nitrogens with one attached hydrogen (secondary N) is 1. The van der Waals surface area contributed by atoms with Gasteiger partial charge in [-0.05, 0) is 18.6 Å². The molecule has 5 nitrogen and oxygen atoms in total. The third-order valence-corrected chi connectivity index (χ3v) is 2.23. The normalized spacial score (nSPS) is 12.4. The lowest BCUT2D eigenvalue weighted by Gasteiger charge is -2.11. The highest BCUT2D eigenvalue weighted by atomic mass is 16.5. The van der Waals surface area contributed by atoms with Crippen molar-refractivity contribution in [3.8, 4) is 5.88 Å². The molecule has 0 aromatic carbocycles. The molecular weight excluding hydrogens is 220 g/mol. The van der Waals surface area contributed by atoms with Gasteiger partial charge in [0.05, 0.1) is 19.8 Å². The van der Waals surface area contributed by atoms with Gasteiger partial charge in [-0.25, -0.2) is 4.98 Å². The van der Waals surface area contributed by atoms with Crippen LogP contribution in [0.25, 0.3) is 0 Å². The maximum atomic E-state index is 9.53. The number of aromatic nitrogens is 1. The van der Waals surface area contributed by atoms with Crippen LogP contribution in [0.5, 0.6) is 5.88 Å². The van der Waals surface area contributed by atoms with Gasteiger partial charge in [0.15, 0.2) is 0 Å². The van der Waals surface area contributed by atoms with Crippen LogP contribution >= 0.6 is 0 Å². The fourth-order valence-electron chi connectivity index (χ4n) is 1.37. The third-order valence-electron chi connectivity index (χ3n) is 2.23. The molecule has 0 aliphatic carbocycles. The Morgan fingerprint density at radius 2 is 2.35 bits per heavy atom. The predicted octanol–water partition coefficient (Wildman–Crippen LogP) is 0.577. The molecule has 0 bridgehead atoms. The summed E-state index contributed by atoms with van der Waals surface area (Å²) < 4.78 is 10.1. The number of hydrogen-bond acceptors (Lipinski definition) is 5. The van der Waals surface area contributed by atoms with E-state index >= 15 is 0 Å². The summed E-state index contributed by atoms with van der Waals surface area (Å²) in [5.74, 6) is 0.596. The first kappa shape index (κ1) is 13.9. The van der Waals surface area contributed by atoms with Crippen LogP contribution in [0.3, 0.4) is 0 Å². The molecule has 0 saturated carbocycles. The molecular formula is C12H20N2O3. The highest BCUT2D eigenvalue weighted by Crippen LogP contribution is 2.07. The van der Waals surface area contributed by atoms with Gasteiger partial charge in [-0.3, -0.25) is 0 Å². The van der Waals surface area contributed by atoms with Crippen molar-refractivity contribution < 1.29 is 14.6 Å². The molecule has 1 aromatic heterocycles. The first-order chi connectivity index (χ1) is 8.26. The van der Waals surface area contributed by atoms with E-state index in [0.717, 1.165) is 5.56 Å². The van der Waals surface area contributed by atoms with Gasteiger partial charge in [0, 0.05) is 32.0 Å². The lowest BCUT2D eigenvalue weighted by atomic mass is 10.2. The summed E-state index contributed by atoms with van der Waals surface area (Å²) in [5.41, 5.74) is 1.07. The molecule has 2 N–H and O–H groups in total. The van der Waals surface area contributed by atoms with Crippen LogP contribution in [0.2, 0.25) is 0 Å². The van der Waals surface area contributed by atoms with Crippen molar-refractivity contribution >= 4 is 0 Å². The van der Waals surface area contributed by atoms with Crippen LogP contribution in [0.15, 0.2) is 18.3 Å². The van der Waals surface area contributed by atoms with E-state index < -0.39 is 6.10 Å². The largest absolute Gasteiger partial charge is 0.481 e. The van der Waals surface area contributed by atoms with Gasteiger partial charge in [-0.15, -0.1) is 0 Å². The van der Waals surface area contributed by atoms with Crippen molar-refractivity contribution in [2.24, 2.45) is 0 Å². The lowest BCUT2D eigenvalue weighted by Crippen LogP contribution is -2.30. The standard InChI is InChI=1S/C12H20N2O3/c1-3-17-9-11(15)8-13-7-10-4-5-14-12(6-10)16-2/h4-6,11,13,15H,3,7-9H2,1-2H3. The minimum atomic E-state index is -0.473. The maximum absolute atomic E-state index is 9.53. The molecule has 0 saturated heterocycles. The molecule has 17 heavy (non-hydrogen) atoms. The van der Waals surface area contributed by atoms with E-state index in [1.807, 2.05) is 19.1 Å². The van der Waals surface area contributed by atoms with Crippen molar-refractivity contribution in [1.82, 2.24) is 10.3 Å². The zero-order valence-electron chi connectivity index (χ0n) is 10.3. The van der Waals surface area contributed by atoms with Crippen LogP contribution in [0.1, 0.15) is 12.5 Å². The number of aliphatic hydroxyl groups is 1. The summed E-state index contributed by atoms with van der Waals surface area (Å²) in [6.45, 7) is 4.07. The zero-order chi connectivity index (χ0) is 12.5. The van der Waals surface area contributed by atoms with Crippen LogP contribution in [0, 0.1) is 0 Å². The van der Waals surface area contributed by atoms with Crippen molar-refractivity contribution in [2.45, 2.75) is 19.6 Å². The Morgan fingerprint density at radius 1 is 1.53 bits per heavy atom. The van der Waals surface area contributed by atoms with Gasteiger partial charge in [-0.1, -0.05) is 0 Å². The molecule has 1 atom stereocenters. The summed E-state index contributed by atoms with van der Waals surface area (Å²) in [4.78, 5) is 4.02. The van der Waals surface area contributed by atoms with E-state index in [1.54, 1.807) is 13.3 Å². The van der Waals surface area contributed by atoms with Crippen molar-refractivity contribution in [1.29, 1.82) is 0 Å². The highest BCUT2D eigenvalue weighted by Gasteiger charge is 2.03. The Kier molecular flexibility index (Phi) is 6.54. The fraction of sp³-hybridized carbons (Fsp3) is 0.583. The molecule has 1 aromatic rings. The molecule has 0 radical (unpaired) electrons. The second-order valence-corrected chi connectivity index (χ2v) is 3.65. The number of pyridine rings is 1. The van der Waals surface area contributed by atoms with Crippen LogP contribution in [-0.2, 0) is 11.3 Å². The Bertz CT molecular complexity index is 320. The van der Waals surface area contributed by atoms with E-state index in [-0.39, 0.29) is 0 Å². The summed E-state index contributed by atoms with van der Waals surface area (Å²) in [7, 11) is 1.59. The Labute approximate surface area is 102 Å². The molecule has 0 aliphatic heterocycles. The topological polar surface area (TPSA) is 63.6 Å². The Hall–Kier alpha value is -1.17. The SMILES string of the molecule is CCOCC(O)CNCc1ccnc(OC)c1. The second-order valence-electron chi connectivity index (χ2n) is 3.65. The summed E-state index contributed by atoms with van der Waals surface area (Å²) in [6.07, 6.45) is 1.23. The number of rotatable bonds is 8. The first-order valence-corrected chi connectivity index (χ1v) is 5.71. The van der Waals surface area contributed by atoms with Gasteiger partial charge in [0.2, 0.25) is 5.88 Å². The quantitative estimate of drug-likeness (QED) is 0.696. The van der Waals surface area contributed by atoms with Crippen molar-refractivity contribution in [3.63, 3.8) is 0 Å². The van der Waals surface area contributed by atoms with E-state index in [2.05, 4.69) is 10.3 Å². The molecule has 1 rings (SSSR count). The zero-order valence-corrected chi connectivity index (χ0v) is 10.3. The van der Waals surface area contributed by atoms with Crippen LogP contribution < -0.4 is 10.1 Å². The number of aliphatic hydroxyl groups excluding tert-OH is 1. The van der Waals surface area contributed by atoms with Gasteiger partial charge in [0.25, 0.3) is 0 Å². The Morgan fingerprint density at radius 3 is 3.06 bits per heavy atom. The van der Waals surface area contributed by atoms with Crippen LogP contribution in [-0.4, -0.2) is 43.1 Å². The van der Waals surface area contributed by atoms with Gasteiger partial charge in [-0.2, -0.15) is 0 Å². The van der Waals surface area contributed by atoms with E-state index in [1.165, 1.54) is 0 Å². The number of methoxy groups -OCH3 is 1. The third kappa shape index (κ3) is 5.63. The van der Waals surface area contributed by atoms with Gasteiger partial charge >= 0.3 is 0 Å². The maximum Gasteiger partial charge on any atom is 0.213 e. The molecule has 0 fully saturated rings. The average Bonchev–Trinajstić information content (AvgIpc) is 2.36. The van der Waals surface area contributed by atoms with Gasteiger partial charge in [0.1, 0.15) is 0 Å². The molecule has 1 heterocycles. The number of hydrogen-bond donors (Lipinski definition) is 2. The average molecular weight is 240 g/mol. The molecule has 96 valence electrons.